The number of hydrogen-bond donors (Lipinski definition) is 3. The number of methoxy groups -OCH3 is 1. The summed E-state index contributed by atoms with van der Waals surface area (Å²) in [6, 6.07) is 14.3. The van der Waals surface area contributed by atoms with Crippen LogP contribution in [0.3, 0.4) is 0 Å². The molecule has 3 N–H and O–H groups in total. The fraction of sp³-hybridized carbons (Fsp3) is 0.429. The van der Waals surface area contributed by atoms with Crippen molar-refractivity contribution in [2.45, 2.75) is 69.6 Å². The summed E-state index contributed by atoms with van der Waals surface area (Å²) in [5.41, 5.74) is 0.484. The second kappa shape index (κ2) is 12.9. The Hall–Kier alpha value is -2.93. The van der Waals surface area contributed by atoms with Gasteiger partial charge in [-0.2, -0.15) is 0 Å². The van der Waals surface area contributed by atoms with Gasteiger partial charge in [-0.1, -0.05) is 50.6 Å². The SMILES string of the molecule is COc1cc(OC2CCOCC2)ccc1NC(=O)[C@@H]1N[C@@H](CC(C)(C)C)[C@@]2(C(=O)Nc3cc(I)ccc32)[C@H]1c1cccc(Cl)c1F. The predicted molar refractivity (Wildman–Crippen MR) is 184 cm³/mol. The quantitative estimate of drug-likeness (QED) is 0.224. The minimum atomic E-state index is -1.30. The van der Waals surface area contributed by atoms with Crippen molar-refractivity contribution >= 4 is 57.4 Å². The summed E-state index contributed by atoms with van der Waals surface area (Å²) in [5, 5.41) is 9.54. The summed E-state index contributed by atoms with van der Waals surface area (Å²) in [6.07, 6.45) is 2.16. The molecule has 2 saturated heterocycles. The lowest BCUT2D eigenvalue weighted by molar-refractivity contribution is -0.122. The summed E-state index contributed by atoms with van der Waals surface area (Å²) in [6.45, 7) is 7.56. The van der Waals surface area contributed by atoms with Gasteiger partial charge >= 0.3 is 0 Å². The molecule has 46 heavy (non-hydrogen) atoms. The first-order valence-electron chi connectivity index (χ1n) is 15.5. The van der Waals surface area contributed by atoms with E-state index in [-0.39, 0.29) is 28.0 Å². The molecule has 2 fully saturated rings. The summed E-state index contributed by atoms with van der Waals surface area (Å²) >= 11 is 8.54. The van der Waals surface area contributed by atoms with E-state index >= 15 is 4.39 Å². The van der Waals surface area contributed by atoms with Crippen LogP contribution in [0.5, 0.6) is 11.5 Å². The van der Waals surface area contributed by atoms with Gasteiger partial charge in [-0.15, -0.1) is 0 Å². The molecule has 3 aliphatic heterocycles. The van der Waals surface area contributed by atoms with E-state index in [0.29, 0.717) is 42.5 Å². The molecule has 0 bridgehead atoms. The van der Waals surface area contributed by atoms with Crippen LogP contribution in [-0.2, 0) is 19.7 Å². The van der Waals surface area contributed by atoms with Crippen molar-refractivity contribution in [3.63, 3.8) is 0 Å². The largest absolute Gasteiger partial charge is 0.494 e. The van der Waals surface area contributed by atoms with E-state index < -0.39 is 35.1 Å². The number of carbonyl (C=O) groups excluding carboxylic acids is 2. The van der Waals surface area contributed by atoms with Crippen LogP contribution in [0.25, 0.3) is 0 Å². The maximum Gasteiger partial charge on any atom is 0.242 e. The fourth-order valence-electron chi connectivity index (χ4n) is 7.20. The molecular weight excluding hydrogens is 724 g/mol. The number of benzene rings is 3. The van der Waals surface area contributed by atoms with Crippen molar-refractivity contribution in [3.05, 3.63) is 80.1 Å². The molecule has 1 spiro atoms. The summed E-state index contributed by atoms with van der Waals surface area (Å²) in [5.74, 6) is -1.24. The zero-order valence-corrected chi connectivity index (χ0v) is 29.1. The Morgan fingerprint density at radius 1 is 1.15 bits per heavy atom. The highest BCUT2D eigenvalue weighted by Crippen LogP contribution is 2.57. The fourth-order valence-corrected chi connectivity index (χ4v) is 7.87. The van der Waals surface area contributed by atoms with Crippen LogP contribution in [-0.4, -0.2) is 50.3 Å². The van der Waals surface area contributed by atoms with Crippen molar-refractivity contribution in [2.75, 3.05) is 31.0 Å². The zero-order valence-electron chi connectivity index (χ0n) is 26.2. The van der Waals surface area contributed by atoms with Crippen LogP contribution in [0.4, 0.5) is 15.8 Å². The molecular formula is C35H38ClFIN3O5. The van der Waals surface area contributed by atoms with Crippen molar-refractivity contribution < 1.29 is 28.2 Å². The highest BCUT2D eigenvalue weighted by atomic mass is 127. The summed E-state index contributed by atoms with van der Waals surface area (Å²) in [7, 11) is 1.52. The average molecular weight is 762 g/mol. The Kier molecular flexibility index (Phi) is 9.28. The molecule has 11 heteroatoms. The Morgan fingerprint density at radius 3 is 2.63 bits per heavy atom. The standard InChI is InChI=1S/C35H38ClFIN3O5/c1-34(2,3)18-28-35(23-10-8-19(38)16-26(23)40-33(35)43)29(22-6-5-7-24(36)30(22)37)31(41-28)32(42)39-25-11-9-21(17-27(25)44-4)46-20-12-14-45-15-13-20/h5-11,16-17,20,28-29,31,41H,12-15,18H2,1-4H3,(H,39,42)(H,40,43)/t28-,29-,31+,35+/m0/s1. The maximum absolute atomic E-state index is 16.1. The number of nitrogens with one attached hydrogen (secondary N) is 3. The molecule has 2 amide bonds. The Morgan fingerprint density at radius 2 is 1.91 bits per heavy atom. The molecule has 0 aliphatic carbocycles. The number of halogens is 3. The van der Waals surface area contributed by atoms with E-state index in [2.05, 4.69) is 59.3 Å². The molecule has 8 nitrogen and oxygen atoms in total. The van der Waals surface area contributed by atoms with Crippen LogP contribution in [0.2, 0.25) is 5.02 Å². The highest BCUT2D eigenvalue weighted by Gasteiger charge is 2.66. The van der Waals surface area contributed by atoms with Crippen molar-refractivity contribution in [2.24, 2.45) is 5.41 Å². The van der Waals surface area contributed by atoms with E-state index in [9.17, 15) is 9.59 Å². The van der Waals surface area contributed by atoms with Crippen molar-refractivity contribution in [1.82, 2.24) is 5.32 Å². The molecule has 6 rings (SSSR count). The molecule has 3 aromatic rings. The third kappa shape index (κ3) is 6.09. The number of amides is 2. The number of hydrogen-bond acceptors (Lipinski definition) is 6. The van der Waals surface area contributed by atoms with Gasteiger partial charge in [0.1, 0.15) is 28.8 Å². The van der Waals surface area contributed by atoms with Gasteiger partial charge < -0.3 is 30.2 Å². The predicted octanol–water partition coefficient (Wildman–Crippen LogP) is 7.04. The van der Waals surface area contributed by atoms with Gasteiger partial charge in [0.05, 0.1) is 37.1 Å². The molecule has 0 saturated carbocycles. The zero-order chi connectivity index (χ0) is 32.8. The average Bonchev–Trinajstić information content (AvgIpc) is 3.48. The van der Waals surface area contributed by atoms with Crippen LogP contribution >= 0.6 is 34.2 Å². The number of anilines is 2. The molecule has 244 valence electrons. The van der Waals surface area contributed by atoms with Gasteiger partial charge in [0.15, 0.2) is 0 Å². The molecule has 3 aliphatic rings. The second-order valence-corrected chi connectivity index (χ2v) is 15.0. The van der Waals surface area contributed by atoms with Crippen LogP contribution in [0.15, 0.2) is 54.6 Å². The first kappa shape index (κ1) is 33.0. The number of rotatable bonds is 7. The van der Waals surface area contributed by atoms with E-state index in [0.717, 1.165) is 22.0 Å². The minimum Gasteiger partial charge on any atom is -0.494 e. The summed E-state index contributed by atoms with van der Waals surface area (Å²) < 4.78 is 34.3. The Balaban J connectivity index is 1.43. The van der Waals surface area contributed by atoms with E-state index in [1.807, 2.05) is 18.2 Å². The second-order valence-electron chi connectivity index (χ2n) is 13.4. The molecule has 0 radical (unpaired) electrons. The molecule has 0 unspecified atom stereocenters. The lowest BCUT2D eigenvalue weighted by Gasteiger charge is -2.37. The van der Waals surface area contributed by atoms with Gasteiger partial charge in [-0.3, -0.25) is 9.59 Å². The number of carbonyl (C=O) groups is 2. The Bertz CT molecular complexity index is 1660. The van der Waals surface area contributed by atoms with E-state index in [4.69, 9.17) is 25.8 Å². The van der Waals surface area contributed by atoms with Crippen LogP contribution < -0.4 is 25.4 Å². The van der Waals surface area contributed by atoms with E-state index in [1.165, 1.54) is 13.2 Å². The minimum absolute atomic E-state index is 0.0367. The first-order valence-corrected chi connectivity index (χ1v) is 16.9. The smallest absolute Gasteiger partial charge is 0.242 e. The van der Waals surface area contributed by atoms with Crippen LogP contribution in [0.1, 0.15) is 57.1 Å². The first-order chi connectivity index (χ1) is 21.9. The van der Waals surface area contributed by atoms with Gasteiger partial charge in [-0.05, 0) is 75.9 Å². The number of ether oxygens (including phenoxy) is 3. The van der Waals surface area contributed by atoms with Gasteiger partial charge in [0, 0.05) is 40.1 Å². The van der Waals surface area contributed by atoms with Crippen molar-refractivity contribution in [3.8, 4) is 11.5 Å². The molecule has 3 heterocycles. The van der Waals surface area contributed by atoms with Gasteiger partial charge in [0.25, 0.3) is 0 Å². The molecule has 3 aromatic carbocycles. The monoisotopic (exact) mass is 761 g/mol. The lowest BCUT2D eigenvalue weighted by Crippen LogP contribution is -2.49. The lowest BCUT2D eigenvalue weighted by atomic mass is 9.62. The van der Waals surface area contributed by atoms with E-state index in [1.54, 1.807) is 30.3 Å². The maximum atomic E-state index is 16.1. The van der Waals surface area contributed by atoms with Crippen LogP contribution in [0, 0.1) is 14.8 Å². The number of fused-ring (bicyclic) bond motifs is 2. The molecule has 0 aromatic heterocycles. The van der Waals surface area contributed by atoms with Crippen molar-refractivity contribution in [1.29, 1.82) is 0 Å². The summed E-state index contributed by atoms with van der Waals surface area (Å²) in [4.78, 5) is 28.8. The third-order valence-electron chi connectivity index (χ3n) is 9.12. The Labute approximate surface area is 287 Å². The van der Waals surface area contributed by atoms with Gasteiger partial charge in [0.2, 0.25) is 11.8 Å². The van der Waals surface area contributed by atoms with Gasteiger partial charge in [-0.25, -0.2) is 4.39 Å². The molecule has 4 atom stereocenters. The third-order valence-corrected chi connectivity index (χ3v) is 10.1. The topological polar surface area (TPSA) is 97.9 Å². The normalized spacial score (nSPS) is 24.5. The highest BCUT2D eigenvalue weighted by molar-refractivity contribution is 14.1.